The smallest absolute Gasteiger partial charge is 0.323 e. The fourth-order valence-electron chi connectivity index (χ4n) is 2.88. The highest BCUT2D eigenvalue weighted by molar-refractivity contribution is 7.16. The SMILES string of the molecule is CCc1cc(NC(=O)N2CCN(c3ncnc4sccc34)CC2)no1. The zero-order chi connectivity index (χ0) is 17.2. The number of piperazine rings is 1. The van der Waals surface area contributed by atoms with Gasteiger partial charge in [0.15, 0.2) is 5.82 Å². The summed E-state index contributed by atoms with van der Waals surface area (Å²) in [7, 11) is 0. The third-order valence-corrected chi connectivity index (χ3v) is 5.07. The first-order valence-electron chi connectivity index (χ1n) is 8.19. The van der Waals surface area contributed by atoms with Gasteiger partial charge in [-0.15, -0.1) is 11.3 Å². The molecular formula is C16H18N6O2S. The molecule has 2 amide bonds. The first-order valence-corrected chi connectivity index (χ1v) is 9.07. The van der Waals surface area contributed by atoms with E-state index in [0.717, 1.165) is 41.3 Å². The van der Waals surface area contributed by atoms with Gasteiger partial charge in [0.2, 0.25) is 0 Å². The number of urea groups is 1. The van der Waals surface area contributed by atoms with Gasteiger partial charge in [-0.1, -0.05) is 12.1 Å². The monoisotopic (exact) mass is 358 g/mol. The Morgan fingerprint density at radius 3 is 2.92 bits per heavy atom. The normalized spacial score (nSPS) is 14.9. The lowest BCUT2D eigenvalue weighted by Gasteiger charge is -2.35. The minimum Gasteiger partial charge on any atom is -0.359 e. The fraction of sp³-hybridized carbons (Fsp3) is 0.375. The zero-order valence-corrected chi connectivity index (χ0v) is 14.6. The minimum atomic E-state index is -0.154. The number of aryl methyl sites for hydroxylation is 1. The van der Waals surface area contributed by atoms with E-state index in [1.54, 1.807) is 28.6 Å². The Hall–Kier alpha value is -2.68. The van der Waals surface area contributed by atoms with Crippen LogP contribution in [-0.4, -0.2) is 52.2 Å². The molecule has 0 radical (unpaired) electrons. The van der Waals surface area contributed by atoms with Crippen LogP contribution in [0.3, 0.4) is 0 Å². The molecule has 8 nitrogen and oxygen atoms in total. The Morgan fingerprint density at radius 1 is 1.32 bits per heavy atom. The van der Waals surface area contributed by atoms with Gasteiger partial charge in [-0.3, -0.25) is 5.32 Å². The zero-order valence-electron chi connectivity index (χ0n) is 13.8. The standard InChI is InChI=1S/C16H18N6O2S/c1-2-11-9-13(20-24-11)19-16(23)22-6-4-21(5-7-22)14-12-3-8-25-15(12)18-10-17-14/h3,8-10H,2,4-7H2,1H3,(H,19,20,23). The van der Waals surface area contributed by atoms with Crippen molar-refractivity contribution in [3.63, 3.8) is 0 Å². The Balaban J connectivity index is 1.39. The molecule has 1 aliphatic heterocycles. The maximum atomic E-state index is 12.4. The maximum Gasteiger partial charge on any atom is 0.323 e. The van der Waals surface area contributed by atoms with Crippen molar-refractivity contribution < 1.29 is 9.32 Å². The van der Waals surface area contributed by atoms with Crippen molar-refractivity contribution in [1.82, 2.24) is 20.0 Å². The average molecular weight is 358 g/mol. The van der Waals surface area contributed by atoms with E-state index in [9.17, 15) is 4.79 Å². The number of anilines is 2. The molecule has 0 saturated carbocycles. The Kier molecular flexibility index (Phi) is 4.22. The van der Waals surface area contributed by atoms with Gasteiger partial charge in [0.1, 0.15) is 22.7 Å². The van der Waals surface area contributed by atoms with Crippen LogP contribution in [0, 0.1) is 0 Å². The molecule has 1 saturated heterocycles. The number of amides is 2. The van der Waals surface area contributed by atoms with Gasteiger partial charge < -0.3 is 14.3 Å². The molecule has 1 aliphatic rings. The van der Waals surface area contributed by atoms with Crippen molar-refractivity contribution in [2.24, 2.45) is 0 Å². The molecule has 1 fully saturated rings. The van der Waals surface area contributed by atoms with Crippen LogP contribution < -0.4 is 10.2 Å². The molecule has 1 N–H and O–H groups in total. The first-order chi connectivity index (χ1) is 12.2. The number of hydrogen-bond acceptors (Lipinski definition) is 7. The van der Waals surface area contributed by atoms with Crippen LogP contribution >= 0.6 is 11.3 Å². The fourth-order valence-corrected chi connectivity index (χ4v) is 3.60. The molecule has 3 aromatic heterocycles. The molecule has 3 aromatic rings. The van der Waals surface area contributed by atoms with Crippen LogP contribution in [0.2, 0.25) is 0 Å². The molecule has 130 valence electrons. The second-order valence-electron chi connectivity index (χ2n) is 5.77. The van der Waals surface area contributed by atoms with E-state index in [1.807, 2.05) is 18.4 Å². The Labute approximate surface area is 148 Å². The molecule has 0 spiro atoms. The Morgan fingerprint density at radius 2 is 2.16 bits per heavy atom. The average Bonchev–Trinajstić information content (AvgIpc) is 3.30. The van der Waals surface area contributed by atoms with Gasteiger partial charge in [0.05, 0.1) is 5.39 Å². The predicted molar refractivity (Wildman–Crippen MR) is 96.1 cm³/mol. The van der Waals surface area contributed by atoms with Crippen molar-refractivity contribution in [2.75, 3.05) is 36.4 Å². The summed E-state index contributed by atoms with van der Waals surface area (Å²) in [6, 6.07) is 3.64. The highest BCUT2D eigenvalue weighted by Crippen LogP contribution is 2.27. The topological polar surface area (TPSA) is 87.4 Å². The summed E-state index contributed by atoms with van der Waals surface area (Å²) in [5.74, 6) is 2.15. The lowest BCUT2D eigenvalue weighted by molar-refractivity contribution is 0.208. The summed E-state index contributed by atoms with van der Waals surface area (Å²) >= 11 is 1.61. The van der Waals surface area contributed by atoms with E-state index in [2.05, 4.69) is 25.3 Å². The number of fused-ring (bicyclic) bond motifs is 1. The van der Waals surface area contributed by atoms with Crippen LogP contribution in [0.4, 0.5) is 16.4 Å². The van der Waals surface area contributed by atoms with E-state index < -0.39 is 0 Å². The van der Waals surface area contributed by atoms with Crippen LogP contribution in [0.15, 0.2) is 28.4 Å². The number of thiophene rings is 1. The van der Waals surface area contributed by atoms with Crippen molar-refractivity contribution >= 4 is 39.2 Å². The Bertz CT molecular complexity index is 884. The van der Waals surface area contributed by atoms with E-state index in [4.69, 9.17) is 4.52 Å². The largest absolute Gasteiger partial charge is 0.359 e. The number of nitrogens with zero attached hydrogens (tertiary/aromatic N) is 5. The van der Waals surface area contributed by atoms with Crippen LogP contribution in [-0.2, 0) is 6.42 Å². The van der Waals surface area contributed by atoms with Crippen molar-refractivity contribution in [1.29, 1.82) is 0 Å². The summed E-state index contributed by atoms with van der Waals surface area (Å²) in [6.45, 7) is 4.69. The van der Waals surface area contributed by atoms with Gasteiger partial charge >= 0.3 is 6.03 Å². The molecule has 25 heavy (non-hydrogen) atoms. The third kappa shape index (κ3) is 3.14. The number of aromatic nitrogens is 3. The molecule has 0 aliphatic carbocycles. The third-order valence-electron chi connectivity index (χ3n) is 4.25. The highest BCUT2D eigenvalue weighted by Gasteiger charge is 2.24. The second-order valence-corrected chi connectivity index (χ2v) is 6.67. The predicted octanol–water partition coefficient (Wildman–Crippen LogP) is 2.60. The number of carbonyl (C=O) groups excluding carboxylic acids is 1. The molecule has 4 rings (SSSR count). The van der Waals surface area contributed by atoms with Gasteiger partial charge in [-0.2, -0.15) is 0 Å². The number of hydrogen-bond donors (Lipinski definition) is 1. The molecule has 0 bridgehead atoms. The summed E-state index contributed by atoms with van der Waals surface area (Å²) < 4.78 is 5.11. The quantitative estimate of drug-likeness (QED) is 0.774. The molecule has 9 heteroatoms. The molecule has 0 aromatic carbocycles. The highest BCUT2D eigenvalue weighted by atomic mass is 32.1. The van der Waals surface area contributed by atoms with E-state index in [0.29, 0.717) is 18.9 Å². The molecule has 0 unspecified atom stereocenters. The van der Waals surface area contributed by atoms with Crippen LogP contribution in [0.1, 0.15) is 12.7 Å². The van der Waals surface area contributed by atoms with E-state index >= 15 is 0 Å². The number of nitrogens with one attached hydrogen (secondary N) is 1. The van der Waals surface area contributed by atoms with Crippen molar-refractivity contribution in [3.8, 4) is 0 Å². The molecule has 0 atom stereocenters. The van der Waals surface area contributed by atoms with Crippen molar-refractivity contribution in [3.05, 3.63) is 29.6 Å². The van der Waals surface area contributed by atoms with Crippen molar-refractivity contribution in [2.45, 2.75) is 13.3 Å². The van der Waals surface area contributed by atoms with E-state index in [-0.39, 0.29) is 6.03 Å². The molecular weight excluding hydrogens is 340 g/mol. The van der Waals surface area contributed by atoms with E-state index in [1.165, 1.54) is 0 Å². The lowest BCUT2D eigenvalue weighted by atomic mass is 10.3. The number of carbonyl (C=O) groups is 1. The summed E-state index contributed by atoms with van der Waals surface area (Å²) in [6.07, 6.45) is 2.35. The minimum absolute atomic E-state index is 0.154. The van der Waals surface area contributed by atoms with Gasteiger partial charge in [-0.25, -0.2) is 14.8 Å². The second kappa shape index (κ2) is 6.67. The van der Waals surface area contributed by atoms with Gasteiger partial charge in [0.25, 0.3) is 0 Å². The van der Waals surface area contributed by atoms with Gasteiger partial charge in [0, 0.05) is 38.7 Å². The van der Waals surface area contributed by atoms with Gasteiger partial charge in [-0.05, 0) is 11.4 Å². The maximum absolute atomic E-state index is 12.4. The lowest BCUT2D eigenvalue weighted by Crippen LogP contribution is -2.50. The summed E-state index contributed by atoms with van der Waals surface area (Å²) in [5, 5.41) is 9.73. The van der Waals surface area contributed by atoms with Crippen LogP contribution in [0.25, 0.3) is 10.2 Å². The van der Waals surface area contributed by atoms with Crippen LogP contribution in [0.5, 0.6) is 0 Å². The number of rotatable bonds is 3. The first kappa shape index (κ1) is 15.8. The summed E-state index contributed by atoms with van der Waals surface area (Å²) in [4.78, 5) is 26.1. The summed E-state index contributed by atoms with van der Waals surface area (Å²) in [5.41, 5.74) is 0. The molecule has 4 heterocycles.